The highest BCUT2D eigenvalue weighted by atomic mass is 16.6. The minimum atomic E-state index is -0.667. The second-order valence-electron chi connectivity index (χ2n) is 6.74. The molecule has 1 unspecified atom stereocenters. The van der Waals surface area contributed by atoms with Crippen LogP contribution in [0.15, 0.2) is 0 Å². The van der Waals surface area contributed by atoms with Crippen LogP contribution in [0.25, 0.3) is 0 Å². The molecule has 0 aliphatic carbocycles. The van der Waals surface area contributed by atoms with Crippen LogP contribution in [0.1, 0.15) is 72.1 Å². The first-order chi connectivity index (χ1) is 12.0. The molecule has 0 aliphatic heterocycles. The fraction of sp³-hybridized carbons (Fsp3) is 0.895. The third-order valence-corrected chi connectivity index (χ3v) is 3.80. The van der Waals surface area contributed by atoms with E-state index >= 15 is 0 Å². The van der Waals surface area contributed by atoms with Gasteiger partial charge < -0.3 is 19.5 Å². The minimum Gasteiger partial charge on any atom is -0.464 e. The summed E-state index contributed by atoms with van der Waals surface area (Å²) in [5.41, 5.74) is 0. The topological polar surface area (TPSA) is 73.9 Å². The number of carbonyl (C=O) groups is 2. The molecule has 0 rings (SSSR count). The number of carbonyl (C=O) groups excluding carboxylic acids is 2. The summed E-state index contributed by atoms with van der Waals surface area (Å²) in [7, 11) is 1.53. The smallest absolute Gasteiger partial charge is 0.407 e. The largest absolute Gasteiger partial charge is 0.464 e. The van der Waals surface area contributed by atoms with Crippen molar-refractivity contribution in [1.29, 1.82) is 0 Å². The first-order valence-electron chi connectivity index (χ1n) is 9.60. The lowest BCUT2D eigenvalue weighted by Crippen LogP contribution is -2.43. The number of alkyl carbamates (subject to hydrolysis) is 1. The summed E-state index contributed by atoms with van der Waals surface area (Å²) in [6.07, 6.45) is 8.08. The molecule has 0 fully saturated rings. The van der Waals surface area contributed by atoms with Gasteiger partial charge in [0.25, 0.3) is 0 Å². The fourth-order valence-electron chi connectivity index (χ4n) is 2.42. The normalized spacial score (nSPS) is 12.0. The number of unbranched alkanes of at least 4 members (excludes halogenated alkanes) is 6. The molecule has 6 nitrogen and oxygen atoms in total. The number of amides is 1. The van der Waals surface area contributed by atoms with Crippen molar-refractivity contribution in [3.05, 3.63) is 0 Å². The number of methoxy groups -OCH3 is 1. The standard InChI is InChI=1S/C19H37NO5/c1-5-6-7-8-9-10-11-12-24-18(21)17(15-16(2)3)20-19(22)25-14-13-23-4/h16-17H,5-15H2,1-4H3,(H,20,22). The molecule has 0 aromatic heterocycles. The average molecular weight is 360 g/mol. The lowest BCUT2D eigenvalue weighted by atomic mass is 10.0. The van der Waals surface area contributed by atoms with E-state index < -0.39 is 12.1 Å². The Morgan fingerprint density at radius 3 is 2.12 bits per heavy atom. The molecule has 6 heteroatoms. The number of esters is 1. The van der Waals surface area contributed by atoms with Crippen molar-refractivity contribution in [2.45, 2.75) is 78.2 Å². The van der Waals surface area contributed by atoms with Crippen LogP contribution < -0.4 is 5.32 Å². The summed E-state index contributed by atoms with van der Waals surface area (Å²) in [4.78, 5) is 23.9. The van der Waals surface area contributed by atoms with Crippen molar-refractivity contribution in [2.24, 2.45) is 5.92 Å². The van der Waals surface area contributed by atoms with Crippen LogP contribution in [0.4, 0.5) is 4.79 Å². The summed E-state index contributed by atoms with van der Waals surface area (Å²) in [6, 6.07) is -0.667. The lowest BCUT2D eigenvalue weighted by molar-refractivity contribution is -0.146. The molecule has 0 saturated carbocycles. The van der Waals surface area contributed by atoms with E-state index in [-0.39, 0.29) is 18.5 Å². The van der Waals surface area contributed by atoms with Gasteiger partial charge in [-0.1, -0.05) is 59.3 Å². The summed E-state index contributed by atoms with van der Waals surface area (Å²) < 4.78 is 15.1. The summed E-state index contributed by atoms with van der Waals surface area (Å²) in [6.45, 7) is 7.08. The Hall–Kier alpha value is -1.30. The van der Waals surface area contributed by atoms with Crippen LogP contribution >= 0.6 is 0 Å². The molecule has 0 aromatic carbocycles. The zero-order valence-corrected chi connectivity index (χ0v) is 16.5. The molecule has 1 amide bonds. The third-order valence-electron chi connectivity index (χ3n) is 3.80. The van der Waals surface area contributed by atoms with Gasteiger partial charge in [-0.15, -0.1) is 0 Å². The van der Waals surface area contributed by atoms with E-state index in [1.54, 1.807) is 0 Å². The lowest BCUT2D eigenvalue weighted by Gasteiger charge is -2.19. The quantitative estimate of drug-likeness (QED) is 0.352. The van der Waals surface area contributed by atoms with E-state index in [1.165, 1.54) is 39.2 Å². The maximum Gasteiger partial charge on any atom is 0.407 e. The maximum atomic E-state index is 12.2. The SMILES string of the molecule is CCCCCCCCCOC(=O)C(CC(C)C)NC(=O)OCCOC. The van der Waals surface area contributed by atoms with Crippen LogP contribution in [0.5, 0.6) is 0 Å². The molecule has 148 valence electrons. The Kier molecular flexibility index (Phi) is 15.3. The number of ether oxygens (including phenoxy) is 3. The molecule has 0 radical (unpaired) electrons. The Morgan fingerprint density at radius 2 is 1.52 bits per heavy atom. The zero-order chi connectivity index (χ0) is 18.9. The van der Waals surface area contributed by atoms with Gasteiger partial charge in [0, 0.05) is 7.11 Å². The van der Waals surface area contributed by atoms with Crippen LogP contribution in [0.3, 0.4) is 0 Å². The van der Waals surface area contributed by atoms with Crippen molar-refractivity contribution in [3.63, 3.8) is 0 Å². The van der Waals surface area contributed by atoms with Crippen LogP contribution in [0.2, 0.25) is 0 Å². The minimum absolute atomic E-state index is 0.157. The summed E-state index contributed by atoms with van der Waals surface area (Å²) in [5.74, 6) is -0.126. The molecule has 0 spiro atoms. The molecular formula is C19H37NO5. The van der Waals surface area contributed by atoms with Gasteiger partial charge in [0.15, 0.2) is 0 Å². The molecule has 0 saturated heterocycles. The van der Waals surface area contributed by atoms with E-state index in [0.717, 1.165) is 12.8 Å². The summed E-state index contributed by atoms with van der Waals surface area (Å²) >= 11 is 0. The third kappa shape index (κ3) is 14.7. The highest BCUT2D eigenvalue weighted by Gasteiger charge is 2.23. The monoisotopic (exact) mass is 359 g/mol. The molecule has 0 aliphatic rings. The predicted molar refractivity (Wildman–Crippen MR) is 98.6 cm³/mol. The highest BCUT2D eigenvalue weighted by Crippen LogP contribution is 2.09. The number of hydrogen-bond acceptors (Lipinski definition) is 5. The number of rotatable bonds is 15. The van der Waals surface area contributed by atoms with Gasteiger partial charge in [-0.2, -0.15) is 0 Å². The van der Waals surface area contributed by atoms with E-state index in [9.17, 15) is 9.59 Å². The van der Waals surface area contributed by atoms with E-state index in [2.05, 4.69) is 12.2 Å². The Bertz CT molecular complexity index is 347. The molecule has 0 aromatic rings. The van der Waals surface area contributed by atoms with Crippen molar-refractivity contribution in [1.82, 2.24) is 5.32 Å². The number of nitrogens with one attached hydrogen (secondary N) is 1. The fourth-order valence-corrected chi connectivity index (χ4v) is 2.42. The Morgan fingerprint density at radius 1 is 0.880 bits per heavy atom. The average Bonchev–Trinajstić information content (AvgIpc) is 2.56. The molecule has 0 bridgehead atoms. The second-order valence-corrected chi connectivity index (χ2v) is 6.74. The Balaban J connectivity index is 4.03. The van der Waals surface area contributed by atoms with Gasteiger partial charge in [-0.25, -0.2) is 9.59 Å². The van der Waals surface area contributed by atoms with E-state index in [4.69, 9.17) is 14.2 Å². The molecule has 25 heavy (non-hydrogen) atoms. The van der Waals surface area contributed by atoms with Crippen molar-refractivity contribution >= 4 is 12.1 Å². The second kappa shape index (κ2) is 16.2. The van der Waals surface area contributed by atoms with E-state index in [0.29, 0.717) is 19.6 Å². The van der Waals surface area contributed by atoms with Crippen LogP contribution in [-0.4, -0.2) is 45.0 Å². The number of hydrogen-bond donors (Lipinski definition) is 1. The highest BCUT2D eigenvalue weighted by molar-refractivity contribution is 5.81. The van der Waals surface area contributed by atoms with Crippen LogP contribution in [-0.2, 0) is 19.0 Å². The van der Waals surface area contributed by atoms with Gasteiger partial charge in [0.1, 0.15) is 12.6 Å². The van der Waals surface area contributed by atoms with Gasteiger partial charge in [-0.05, 0) is 18.8 Å². The van der Waals surface area contributed by atoms with E-state index in [1.807, 2.05) is 13.8 Å². The van der Waals surface area contributed by atoms with Gasteiger partial charge >= 0.3 is 12.1 Å². The maximum absolute atomic E-state index is 12.2. The molecule has 1 N–H and O–H groups in total. The molecular weight excluding hydrogens is 322 g/mol. The summed E-state index contributed by atoms with van der Waals surface area (Å²) in [5, 5.41) is 2.59. The van der Waals surface area contributed by atoms with Gasteiger partial charge in [0.05, 0.1) is 13.2 Å². The van der Waals surface area contributed by atoms with Crippen LogP contribution in [0, 0.1) is 5.92 Å². The first-order valence-corrected chi connectivity index (χ1v) is 9.60. The predicted octanol–water partition coefficient (Wildman–Crippen LogP) is 4.07. The Labute approximate surface area is 153 Å². The molecule has 1 atom stereocenters. The zero-order valence-electron chi connectivity index (χ0n) is 16.5. The first kappa shape index (κ1) is 23.7. The van der Waals surface area contributed by atoms with Crippen molar-refractivity contribution in [3.8, 4) is 0 Å². The van der Waals surface area contributed by atoms with Crippen molar-refractivity contribution < 1.29 is 23.8 Å². The van der Waals surface area contributed by atoms with Crippen molar-refractivity contribution in [2.75, 3.05) is 26.9 Å². The van der Waals surface area contributed by atoms with Gasteiger partial charge in [0.2, 0.25) is 0 Å². The van der Waals surface area contributed by atoms with Gasteiger partial charge in [-0.3, -0.25) is 0 Å². The molecule has 0 heterocycles.